The number of anilines is 2. The molecule has 1 N–H and O–H groups in total. The Labute approximate surface area is 203 Å². The van der Waals surface area contributed by atoms with Crippen molar-refractivity contribution in [3.05, 3.63) is 112 Å². The summed E-state index contributed by atoms with van der Waals surface area (Å²) in [5, 5.41) is 7.18. The van der Waals surface area contributed by atoms with Crippen LogP contribution in [-0.4, -0.2) is 0 Å². The predicted octanol–water partition coefficient (Wildman–Crippen LogP) is 9.70. The number of aryl methyl sites for hydroxylation is 1. The monoisotopic (exact) mass is 465 g/mol. The molecular formula is C30H24ClNS. The van der Waals surface area contributed by atoms with Gasteiger partial charge >= 0.3 is 0 Å². The van der Waals surface area contributed by atoms with E-state index in [-0.39, 0.29) is 0 Å². The van der Waals surface area contributed by atoms with E-state index in [2.05, 4.69) is 92.8 Å². The SMILES string of the molecule is CC1=C(c2ccccc2Nc2c(C)cccc2Cl)c2ccc3sc4ccccc4c3c2C1C. The third kappa shape index (κ3) is 3.13. The van der Waals surface area contributed by atoms with Crippen LogP contribution >= 0.6 is 22.9 Å². The zero-order valence-electron chi connectivity index (χ0n) is 18.9. The van der Waals surface area contributed by atoms with Crippen LogP contribution < -0.4 is 5.32 Å². The smallest absolute Gasteiger partial charge is 0.0643 e. The topological polar surface area (TPSA) is 12.0 Å². The van der Waals surface area contributed by atoms with Crippen molar-refractivity contribution in [3.8, 4) is 0 Å². The minimum Gasteiger partial charge on any atom is -0.354 e. The van der Waals surface area contributed by atoms with Crippen LogP contribution in [0.4, 0.5) is 11.4 Å². The summed E-state index contributed by atoms with van der Waals surface area (Å²) in [6.45, 7) is 6.73. The summed E-state index contributed by atoms with van der Waals surface area (Å²) >= 11 is 8.45. The van der Waals surface area contributed by atoms with E-state index in [1.807, 2.05) is 23.5 Å². The van der Waals surface area contributed by atoms with Gasteiger partial charge in [-0.1, -0.05) is 78.7 Å². The highest BCUT2D eigenvalue weighted by Crippen LogP contribution is 2.51. The van der Waals surface area contributed by atoms with E-state index in [9.17, 15) is 0 Å². The van der Waals surface area contributed by atoms with Crippen LogP contribution in [0.2, 0.25) is 5.02 Å². The number of nitrogens with one attached hydrogen (secondary N) is 1. The molecule has 1 aromatic heterocycles. The fourth-order valence-corrected chi connectivity index (χ4v) is 6.64. The highest BCUT2D eigenvalue weighted by atomic mass is 35.5. The lowest BCUT2D eigenvalue weighted by atomic mass is 9.93. The number of halogens is 1. The number of rotatable bonds is 3. The molecule has 1 aliphatic carbocycles. The second-order valence-electron chi connectivity index (χ2n) is 8.88. The van der Waals surface area contributed by atoms with Gasteiger partial charge in [0.1, 0.15) is 0 Å². The Kier molecular flexibility index (Phi) is 4.83. The molecule has 1 nitrogen and oxygen atoms in total. The highest BCUT2D eigenvalue weighted by Gasteiger charge is 2.30. The van der Waals surface area contributed by atoms with Gasteiger partial charge < -0.3 is 5.32 Å². The van der Waals surface area contributed by atoms with Crippen LogP contribution in [0, 0.1) is 6.92 Å². The molecule has 1 unspecified atom stereocenters. The first-order valence-corrected chi connectivity index (χ1v) is 12.5. The summed E-state index contributed by atoms with van der Waals surface area (Å²) in [6, 6.07) is 28.0. The van der Waals surface area contributed by atoms with Gasteiger partial charge in [0.05, 0.1) is 10.7 Å². The second kappa shape index (κ2) is 7.76. The maximum atomic E-state index is 6.56. The van der Waals surface area contributed by atoms with Gasteiger partial charge in [0.25, 0.3) is 0 Å². The Balaban J connectivity index is 1.56. The fraction of sp³-hybridized carbons (Fsp3) is 0.133. The van der Waals surface area contributed by atoms with E-state index >= 15 is 0 Å². The minimum absolute atomic E-state index is 0.367. The molecule has 0 aliphatic heterocycles. The third-order valence-electron chi connectivity index (χ3n) is 7.01. The number of fused-ring (bicyclic) bond motifs is 5. The number of allylic oxidation sites excluding steroid dienone is 1. The molecule has 1 heterocycles. The molecule has 0 saturated heterocycles. The summed E-state index contributed by atoms with van der Waals surface area (Å²) in [7, 11) is 0. The van der Waals surface area contributed by atoms with Gasteiger partial charge in [-0.05, 0) is 60.4 Å². The van der Waals surface area contributed by atoms with Crippen molar-refractivity contribution in [1.29, 1.82) is 0 Å². The Morgan fingerprint density at radius 2 is 1.58 bits per heavy atom. The molecule has 0 spiro atoms. The molecule has 3 heteroatoms. The van der Waals surface area contributed by atoms with Crippen LogP contribution in [-0.2, 0) is 0 Å². The first-order chi connectivity index (χ1) is 16.0. The number of benzene rings is 4. The van der Waals surface area contributed by atoms with Crippen molar-refractivity contribution in [2.75, 3.05) is 5.32 Å². The van der Waals surface area contributed by atoms with E-state index in [0.29, 0.717) is 5.92 Å². The molecule has 0 amide bonds. The van der Waals surface area contributed by atoms with Gasteiger partial charge in [0.2, 0.25) is 0 Å². The molecule has 5 aromatic rings. The highest BCUT2D eigenvalue weighted by molar-refractivity contribution is 7.25. The first-order valence-electron chi connectivity index (χ1n) is 11.3. The Bertz CT molecular complexity index is 1570. The third-order valence-corrected chi connectivity index (χ3v) is 8.46. The average Bonchev–Trinajstić information content (AvgIpc) is 3.32. The lowest BCUT2D eigenvalue weighted by molar-refractivity contribution is 0.931. The summed E-state index contributed by atoms with van der Waals surface area (Å²) < 4.78 is 2.73. The van der Waals surface area contributed by atoms with Crippen LogP contribution in [0.25, 0.3) is 25.7 Å². The molecule has 0 fully saturated rings. The Hall–Kier alpha value is -3.07. The van der Waals surface area contributed by atoms with Crippen molar-refractivity contribution in [2.24, 2.45) is 0 Å². The number of para-hydroxylation sites is 2. The number of thiophene rings is 1. The lowest BCUT2D eigenvalue weighted by Crippen LogP contribution is -1.99. The van der Waals surface area contributed by atoms with Gasteiger partial charge in [-0.3, -0.25) is 0 Å². The average molecular weight is 466 g/mol. The molecule has 0 radical (unpaired) electrons. The summed E-state index contributed by atoms with van der Waals surface area (Å²) in [5.41, 5.74) is 9.96. The lowest BCUT2D eigenvalue weighted by Gasteiger charge is -2.17. The maximum absolute atomic E-state index is 6.56. The van der Waals surface area contributed by atoms with Crippen LogP contribution in [0.1, 0.15) is 42.0 Å². The van der Waals surface area contributed by atoms with Gasteiger partial charge in [0, 0.05) is 37.3 Å². The van der Waals surface area contributed by atoms with Crippen molar-refractivity contribution >= 4 is 60.1 Å². The molecule has 33 heavy (non-hydrogen) atoms. The normalized spacial score (nSPS) is 15.5. The van der Waals surface area contributed by atoms with E-state index in [0.717, 1.165) is 22.0 Å². The fourth-order valence-electron chi connectivity index (χ4n) is 5.25. The van der Waals surface area contributed by atoms with Gasteiger partial charge in [0.15, 0.2) is 0 Å². The zero-order chi connectivity index (χ0) is 22.7. The van der Waals surface area contributed by atoms with Crippen molar-refractivity contribution in [2.45, 2.75) is 26.7 Å². The van der Waals surface area contributed by atoms with Gasteiger partial charge in [-0.25, -0.2) is 0 Å². The summed E-state index contributed by atoms with van der Waals surface area (Å²) in [4.78, 5) is 0. The molecule has 1 aliphatic rings. The van der Waals surface area contributed by atoms with E-state index < -0.39 is 0 Å². The second-order valence-corrected chi connectivity index (χ2v) is 10.4. The Morgan fingerprint density at radius 3 is 2.42 bits per heavy atom. The molecule has 4 aromatic carbocycles. The molecule has 1 atom stereocenters. The van der Waals surface area contributed by atoms with Crippen LogP contribution in [0.5, 0.6) is 0 Å². The molecule has 0 saturated carbocycles. The molecule has 0 bridgehead atoms. The number of hydrogen-bond donors (Lipinski definition) is 1. The maximum Gasteiger partial charge on any atom is 0.0643 e. The molecule has 6 rings (SSSR count). The molecular weight excluding hydrogens is 442 g/mol. The van der Waals surface area contributed by atoms with E-state index in [1.54, 1.807) is 0 Å². The largest absolute Gasteiger partial charge is 0.354 e. The van der Waals surface area contributed by atoms with Crippen LogP contribution in [0.15, 0.2) is 84.4 Å². The standard InChI is InChI=1S/C30H24ClNS/c1-17-9-8-12-23(31)30(17)32-24-13-6-4-10-20(24)27-18(2)19(3)28-22(27)15-16-26-29(28)21-11-5-7-14-25(21)33-26/h4-16,19,32H,1-3H3. The van der Waals surface area contributed by atoms with Crippen molar-refractivity contribution < 1.29 is 0 Å². The van der Waals surface area contributed by atoms with Crippen LogP contribution in [0.3, 0.4) is 0 Å². The minimum atomic E-state index is 0.367. The van der Waals surface area contributed by atoms with Gasteiger partial charge in [-0.15, -0.1) is 11.3 Å². The van der Waals surface area contributed by atoms with Crippen molar-refractivity contribution in [1.82, 2.24) is 0 Å². The van der Waals surface area contributed by atoms with Crippen molar-refractivity contribution in [3.63, 3.8) is 0 Å². The zero-order valence-corrected chi connectivity index (χ0v) is 20.4. The van der Waals surface area contributed by atoms with E-state index in [4.69, 9.17) is 11.6 Å². The molecule has 162 valence electrons. The van der Waals surface area contributed by atoms with Gasteiger partial charge in [-0.2, -0.15) is 0 Å². The number of hydrogen-bond acceptors (Lipinski definition) is 2. The quantitative estimate of drug-likeness (QED) is 0.279. The Morgan fingerprint density at radius 1 is 0.788 bits per heavy atom. The summed E-state index contributed by atoms with van der Waals surface area (Å²) in [6.07, 6.45) is 0. The predicted molar refractivity (Wildman–Crippen MR) is 145 cm³/mol. The summed E-state index contributed by atoms with van der Waals surface area (Å²) in [5.74, 6) is 0.367. The first kappa shape index (κ1) is 20.5. The van der Waals surface area contributed by atoms with E-state index in [1.165, 1.54) is 48.0 Å².